The summed E-state index contributed by atoms with van der Waals surface area (Å²) in [5.41, 5.74) is 2.30. The highest BCUT2D eigenvalue weighted by Crippen LogP contribution is 2.29. The van der Waals surface area contributed by atoms with Crippen LogP contribution >= 0.6 is 0 Å². The number of hydrogen-bond acceptors (Lipinski definition) is 5. The Bertz CT molecular complexity index is 1260. The van der Waals surface area contributed by atoms with Gasteiger partial charge in [-0.2, -0.15) is 4.72 Å². The van der Waals surface area contributed by atoms with Gasteiger partial charge < -0.3 is 10.1 Å². The second-order valence-corrected chi connectivity index (χ2v) is 9.47. The van der Waals surface area contributed by atoms with Gasteiger partial charge >= 0.3 is 5.97 Å². The molecule has 0 spiro atoms. The molecule has 8 heteroatoms. The number of nitrogens with one attached hydrogen (secondary N) is 2. The molecular weight excluding hydrogens is 428 g/mol. The summed E-state index contributed by atoms with van der Waals surface area (Å²) >= 11 is 0. The van der Waals surface area contributed by atoms with Crippen molar-refractivity contribution in [3.8, 4) is 0 Å². The van der Waals surface area contributed by atoms with Gasteiger partial charge in [-0.25, -0.2) is 8.42 Å². The van der Waals surface area contributed by atoms with Crippen molar-refractivity contribution >= 4 is 32.7 Å². The molecule has 0 saturated carbocycles. The fourth-order valence-corrected chi connectivity index (χ4v) is 4.91. The molecule has 1 amide bonds. The first-order valence-corrected chi connectivity index (χ1v) is 11.9. The molecule has 0 aromatic heterocycles. The average Bonchev–Trinajstić information content (AvgIpc) is 2.81. The first-order chi connectivity index (χ1) is 15.4. The van der Waals surface area contributed by atoms with Crippen molar-refractivity contribution in [2.24, 2.45) is 0 Å². The Morgan fingerprint density at radius 3 is 2.56 bits per heavy atom. The van der Waals surface area contributed by atoms with Crippen LogP contribution in [0.2, 0.25) is 0 Å². The molecule has 0 aliphatic heterocycles. The second-order valence-electron chi connectivity index (χ2n) is 7.71. The first-order valence-electron chi connectivity index (χ1n) is 10.4. The number of ether oxygens (including phenoxy) is 1. The standard InChI is InChI=1S/C24H24N2O5S/c27-23(26-22-11-5-9-18-7-3-4-10-21(18)22)16-31-24(28)15-25-32(29,30)20-13-12-17-6-1-2-8-19(17)14-20/h1-4,6-8,10,12-14,22,25H,5,9,11,15-16H2,(H,26,27)/t22-/m0/s1. The third-order valence-electron chi connectivity index (χ3n) is 5.51. The number of hydrogen-bond donors (Lipinski definition) is 2. The van der Waals surface area contributed by atoms with Crippen molar-refractivity contribution in [1.29, 1.82) is 0 Å². The van der Waals surface area contributed by atoms with E-state index in [1.165, 1.54) is 11.6 Å². The normalized spacial score (nSPS) is 15.7. The fraction of sp³-hybridized carbons (Fsp3) is 0.250. The number of sulfonamides is 1. The largest absolute Gasteiger partial charge is 0.455 e. The van der Waals surface area contributed by atoms with Crippen LogP contribution < -0.4 is 10.0 Å². The van der Waals surface area contributed by atoms with Crippen LogP contribution in [0.15, 0.2) is 71.6 Å². The van der Waals surface area contributed by atoms with E-state index in [2.05, 4.69) is 16.1 Å². The summed E-state index contributed by atoms with van der Waals surface area (Å²) in [4.78, 5) is 24.3. The average molecular weight is 453 g/mol. The minimum absolute atomic E-state index is 0.0534. The predicted octanol–water partition coefficient (Wildman–Crippen LogP) is 2.86. The van der Waals surface area contributed by atoms with Gasteiger partial charge in [0, 0.05) is 0 Å². The van der Waals surface area contributed by atoms with Gasteiger partial charge in [0.05, 0.1) is 10.9 Å². The Hall–Kier alpha value is -3.23. The van der Waals surface area contributed by atoms with E-state index < -0.39 is 35.1 Å². The van der Waals surface area contributed by atoms with Crippen molar-refractivity contribution in [2.45, 2.75) is 30.2 Å². The zero-order chi connectivity index (χ0) is 22.6. The molecule has 4 rings (SSSR count). The Morgan fingerprint density at radius 1 is 0.969 bits per heavy atom. The highest BCUT2D eigenvalue weighted by molar-refractivity contribution is 7.89. The lowest BCUT2D eigenvalue weighted by molar-refractivity contribution is -0.147. The maximum Gasteiger partial charge on any atom is 0.321 e. The summed E-state index contributed by atoms with van der Waals surface area (Å²) in [6, 6.07) is 19.9. The van der Waals surface area contributed by atoms with E-state index in [1.807, 2.05) is 42.5 Å². The molecule has 0 fully saturated rings. The van der Waals surface area contributed by atoms with Crippen LogP contribution in [0.3, 0.4) is 0 Å². The van der Waals surface area contributed by atoms with Gasteiger partial charge in [0.25, 0.3) is 5.91 Å². The molecule has 7 nitrogen and oxygen atoms in total. The molecule has 32 heavy (non-hydrogen) atoms. The van der Waals surface area contributed by atoms with Gasteiger partial charge in [0.15, 0.2) is 6.61 Å². The Balaban J connectivity index is 1.28. The number of aryl methyl sites for hydroxylation is 1. The van der Waals surface area contributed by atoms with E-state index in [0.29, 0.717) is 0 Å². The van der Waals surface area contributed by atoms with Crippen LogP contribution in [0.1, 0.15) is 30.0 Å². The van der Waals surface area contributed by atoms with Crippen molar-refractivity contribution in [3.05, 3.63) is 77.9 Å². The van der Waals surface area contributed by atoms with Crippen molar-refractivity contribution in [1.82, 2.24) is 10.0 Å². The molecule has 1 aliphatic rings. The van der Waals surface area contributed by atoms with Crippen LogP contribution in [0.5, 0.6) is 0 Å². The molecular formula is C24H24N2O5S. The van der Waals surface area contributed by atoms with E-state index in [9.17, 15) is 18.0 Å². The van der Waals surface area contributed by atoms with Crippen LogP contribution in [-0.4, -0.2) is 33.4 Å². The molecule has 0 unspecified atom stereocenters. The summed E-state index contributed by atoms with van der Waals surface area (Å²) in [6.45, 7) is -1.02. The van der Waals surface area contributed by atoms with Gasteiger partial charge in [-0.1, -0.05) is 54.6 Å². The Kier molecular flexibility index (Phi) is 6.53. The van der Waals surface area contributed by atoms with Gasteiger partial charge in [0.1, 0.15) is 6.54 Å². The first kappa shape index (κ1) is 22.0. The van der Waals surface area contributed by atoms with E-state index in [-0.39, 0.29) is 10.9 Å². The third-order valence-corrected chi connectivity index (χ3v) is 6.91. The number of esters is 1. The lowest BCUT2D eigenvalue weighted by atomic mass is 9.88. The number of amides is 1. The molecule has 1 aliphatic carbocycles. The summed E-state index contributed by atoms with van der Waals surface area (Å²) in [6.07, 6.45) is 2.77. The highest BCUT2D eigenvalue weighted by Gasteiger charge is 2.22. The van der Waals surface area contributed by atoms with Gasteiger partial charge in [-0.3, -0.25) is 9.59 Å². The van der Waals surface area contributed by atoms with Gasteiger partial charge in [0.2, 0.25) is 10.0 Å². The highest BCUT2D eigenvalue weighted by atomic mass is 32.2. The number of benzene rings is 3. The van der Waals surface area contributed by atoms with Crippen LogP contribution in [0, 0.1) is 0 Å². The van der Waals surface area contributed by atoms with Crippen molar-refractivity contribution in [3.63, 3.8) is 0 Å². The molecule has 0 heterocycles. The molecule has 166 valence electrons. The third kappa shape index (κ3) is 5.15. The maximum absolute atomic E-state index is 12.5. The molecule has 3 aromatic rings. The van der Waals surface area contributed by atoms with Gasteiger partial charge in [-0.15, -0.1) is 0 Å². The predicted molar refractivity (Wildman–Crippen MR) is 120 cm³/mol. The van der Waals surface area contributed by atoms with E-state index in [1.54, 1.807) is 12.1 Å². The quantitative estimate of drug-likeness (QED) is 0.537. The monoisotopic (exact) mass is 452 g/mol. The van der Waals surface area contributed by atoms with Crippen molar-refractivity contribution < 1.29 is 22.7 Å². The Labute approximate surface area is 186 Å². The van der Waals surface area contributed by atoms with E-state index in [0.717, 1.165) is 35.6 Å². The molecule has 0 bridgehead atoms. The maximum atomic E-state index is 12.5. The second kappa shape index (κ2) is 9.50. The van der Waals surface area contributed by atoms with E-state index >= 15 is 0 Å². The molecule has 0 radical (unpaired) electrons. The number of carbonyl (C=O) groups is 2. The Morgan fingerprint density at radius 2 is 1.72 bits per heavy atom. The lowest BCUT2D eigenvalue weighted by Crippen LogP contribution is -2.36. The number of fused-ring (bicyclic) bond motifs is 2. The van der Waals surface area contributed by atoms with E-state index in [4.69, 9.17) is 4.74 Å². The summed E-state index contributed by atoms with van der Waals surface area (Å²) in [5.74, 6) is -1.24. The minimum atomic E-state index is -3.89. The smallest absolute Gasteiger partial charge is 0.321 e. The summed E-state index contributed by atoms with van der Waals surface area (Å²) in [7, 11) is -3.89. The molecule has 3 aromatic carbocycles. The molecule has 0 saturated heterocycles. The van der Waals surface area contributed by atoms with Gasteiger partial charge in [-0.05, 0) is 53.3 Å². The van der Waals surface area contributed by atoms with Crippen LogP contribution in [-0.2, 0) is 30.8 Å². The SMILES string of the molecule is O=C(COC(=O)CNS(=O)(=O)c1ccc2ccccc2c1)N[C@H]1CCCc2ccccc21. The zero-order valence-electron chi connectivity index (χ0n) is 17.4. The minimum Gasteiger partial charge on any atom is -0.455 e. The lowest BCUT2D eigenvalue weighted by Gasteiger charge is -2.26. The number of carbonyl (C=O) groups excluding carboxylic acids is 2. The zero-order valence-corrected chi connectivity index (χ0v) is 18.2. The topological polar surface area (TPSA) is 102 Å². The van der Waals surface area contributed by atoms with Crippen molar-refractivity contribution in [2.75, 3.05) is 13.2 Å². The van der Waals surface area contributed by atoms with Crippen LogP contribution in [0.25, 0.3) is 10.8 Å². The molecule has 1 atom stereocenters. The summed E-state index contributed by atoms with van der Waals surface area (Å²) in [5, 5.41) is 4.58. The van der Waals surface area contributed by atoms with Crippen LogP contribution in [0.4, 0.5) is 0 Å². The number of rotatable bonds is 7. The molecule has 2 N–H and O–H groups in total. The summed E-state index contributed by atoms with van der Waals surface area (Å²) < 4.78 is 32.2. The fourth-order valence-electron chi connectivity index (χ4n) is 3.91.